The minimum absolute atomic E-state index is 0.155. The van der Waals surface area contributed by atoms with Crippen LogP contribution in [0.4, 0.5) is 0 Å². The zero-order chi connectivity index (χ0) is 14.9. The number of piperidine rings is 1. The Labute approximate surface area is 129 Å². The average Bonchev–Trinajstić information content (AvgIpc) is 2.93. The van der Waals surface area contributed by atoms with E-state index in [1.807, 2.05) is 0 Å². The Kier molecular flexibility index (Phi) is 4.37. The largest absolute Gasteiger partial charge is 0.323 e. The van der Waals surface area contributed by atoms with E-state index in [0.717, 1.165) is 6.54 Å². The first-order chi connectivity index (χ1) is 10.1. The summed E-state index contributed by atoms with van der Waals surface area (Å²) < 4.78 is 0. The van der Waals surface area contributed by atoms with Crippen LogP contribution in [0.25, 0.3) is 0 Å². The van der Waals surface area contributed by atoms with Gasteiger partial charge in [-0.3, -0.25) is 0 Å². The number of aryl methyl sites for hydroxylation is 2. The second kappa shape index (κ2) is 6.10. The smallest absolute Gasteiger partial charge is 0.0424 e. The molecule has 0 amide bonds. The molecule has 1 unspecified atom stereocenters. The van der Waals surface area contributed by atoms with Crippen LogP contribution in [0, 0.1) is 19.3 Å². The van der Waals surface area contributed by atoms with Crippen molar-refractivity contribution in [1.29, 1.82) is 0 Å². The standard InChI is InChI=1S/C19H30N2/c1-15-5-6-17(13-16(15)2)18(20)14-21-11-9-19(10-12-21)7-3-4-8-19/h5-6,13,18H,3-4,7-12,14,20H2,1-2H3. The highest BCUT2D eigenvalue weighted by Gasteiger charge is 2.36. The minimum atomic E-state index is 0.155. The molecule has 2 aliphatic rings. The molecule has 3 rings (SSSR count). The summed E-state index contributed by atoms with van der Waals surface area (Å²) in [4.78, 5) is 2.59. The highest BCUT2D eigenvalue weighted by atomic mass is 15.1. The monoisotopic (exact) mass is 286 g/mol. The highest BCUT2D eigenvalue weighted by molar-refractivity contribution is 5.31. The first kappa shape index (κ1) is 15.1. The van der Waals surface area contributed by atoms with Gasteiger partial charge in [-0.1, -0.05) is 31.0 Å². The second-order valence-electron chi connectivity index (χ2n) is 7.46. The van der Waals surface area contributed by atoms with Gasteiger partial charge >= 0.3 is 0 Å². The molecule has 116 valence electrons. The summed E-state index contributed by atoms with van der Waals surface area (Å²) in [7, 11) is 0. The van der Waals surface area contributed by atoms with Crippen molar-refractivity contribution in [3.05, 3.63) is 34.9 Å². The van der Waals surface area contributed by atoms with Crippen LogP contribution < -0.4 is 5.73 Å². The lowest BCUT2D eigenvalue weighted by atomic mass is 9.77. The third-order valence-electron chi connectivity index (χ3n) is 5.99. The fourth-order valence-electron chi connectivity index (χ4n) is 4.21. The van der Waals surface area contributed by atoms with Gasteiger partial charge in [0.25, 0.3) is 0 Å². The lowest BCUT2D eigenvalue weighted by Gasteiger charge is -2.40. The Morgan fingerprint density at radius 2 is 1.71 bits per heavy atom. The van der Waals surface area contributed by atoms with Crippen LogP contribution in [-0.2, 0) is 0 Å². The predicted octanol–water partition coefficient (Wildman–Crippen LogP) is 3.96. The maximum atomic E-state index is 6.45. The van der Waals surface area contributed by atoms with Gasteiger partial charge in [-0.2, -0.15) is 0 Å². The Morgan fingerprint density at radius 1 is 1.05 bits per heavy atom. The molecule has 0 bridgehead atoms. The van der Waals surface area contributed by atoms with E-state index < -0.39 is 0 Å². The first-order valence-corrected chi connectivity index (χ1v) is 8.63. The molecule has 1 aromatic carbocycles. The molecule has 1 aromatic rings. The van der Waals surface area contributed by atoms with Gasteiger partial charge in [0.05, 0.1) is 0 Å². The zero-order valence-corrected chi connectivity index (χ0v) is 13.7. The van der Waals surface area contributed by atoms with E-state index in [0.29, 0.717) is 5.41 Å². The Morgan fingerprint density at radius 3 is 2.33 bits per heavy atom. The van der Waals surface area contributed by atoms with Crippen molar-refractivity contribution in [3.8, 4) is 0 Å². The van der Waals surface area contributed by atoms with Crippen molar-refractivity contribution in [1.82, 2.24) is 4.90 Å². The zero-order valence-electron chi connectivity index (χ0n) is 13.7. The lowest BCUT2D eigenvalue weighted by Crippen LogP contribution is -2.42. The number of hydrogen-bond donors (Lipinski definition) is 1. The van der Waals surface area contributed by atoms with Crippen molar-refractivity contribution >= 4 is 0 Å². The van der Waals surface area contributed by atoms with Gasteiger partial charge in [-0.15, -0.1) is 0 Å². The molecule has 1 aliphatic heterocycles. The topological polar surface area (TPSA) is 29.3 Å². The molecule has 2 N–H and O–H groups in total. The van der Waals surface area contributed by atoms with Crippen LogP contribution in [0.15, 0.2) is 18.2 Å². The van der Waals surface area contributed by atoms with Gasteiger partial charge in [0.1, 0.15) is 0 Å². The molecule has 0 radical (unpaired) electrons. The van der Waals surface area contributed by atoms with Crippen LogP contribution in [0.2, 0.25) is 0 Å². The van der Waals surface area contributed by atoms with E-state index in [9.17, 15) is 0 Å². The average molecular weight is 286 g/mol. The summed E-state index contributed by atoms with van der Waals surface area (Å²) in [5.74, 6) is 0. The van der Waals surface area contributed by atoms with E-state index in [4.69, 9.17) is 5.73 Å². The fourth-order valence-corrected chi connectivity index (χ4v) is 4.21. The third-order valence-corrected chi connectivity index (χ3v) is 5.99. The third kappa shape index (κ3) is 3.32. The summed E-state index contributed by atoms with van der Waals surface area (Å²) in [6.07, 6.45) is 8.66. The summed E-state index contributed by atoms with van der Waals surface area (Å²) in [5.41, 5.74) is 11.2. The van der Waals surface area contributed by atoms with E-state index in [-0.39, 0.29) is 6.04 Å². The summed E-state index contributed by atoms with van der Waals surface area (Å²) in [5, 5.41) is 0. The molecular formula is C19H30N2. The number of benzene rings is 1. The number of nitrogens with zero attached hydrogens (tertiary/aromatic N) is 1. The van der Waals surface area contributed by atoms with E-state index in [1.54, 1.807) is 0 Å². The predicted molar refractivity (Wildman–Crippen MR) is 89.4 cm³/mol. The van der Waals surface area contributed by atoms with E-state index >= 15 is 0 Å². The van der Waals surface area contributed by atoms with Crippen molar-refractivity contribution in [2.24, 2.45) is 11.1 Å². The molecule has 1 aliphatic carbocycles. The van der Waals surface area contributed by atoms with Gasteiger partial charge in [0.2, 0.25) is 0 Å². The SMILES string of the molecule is Cc1ccc(C(N)CN2CCC3(CCCC3)CC2)cc1C. The van der Waals surface area contributed by atoms with Gasteiger partial charge in [0, 0.05) is 12.6 Å². The number of rotatable bonds is 3. The van der Waals surface area contributed by atoms with E-state index in [2.05, 4.69) is 36.9 Å². The molecular weight excluding hydrogens is 256 g/mol. The van der Waals surface area contributed by atoms with Gasteiger partial charge in [-0.05, 0) is 74.7 Å². The van der Waals surface area contributed by atoms with Crippen molar-refractivity contribution in [2.75, 3.05) is 19.6 Å². The number of hydrogen-bond acceptors (Lipinski definition) is 2. The number of likely N-dealkylation sites (tertiary alicyclic amines) is 1. The number of nitrogens with two attached hydrogens (primary N) is 1. The van der Waals surface area contributed by atoms with Crippen LogP contribution in [0.5, 0.6) is 0 Å². The first-order valence-electron chi connectivity index (χ1n) is 8.63. The summed E-state index contributed by atoms with van der Waals surface area (Å²) >= 11 is 0. The molecule has 2 heteroatoms. The molecule has 1 heterocycles. The van der Waals surface area contributed by atoms with Crippen LogP contribution in [0.1, 0.15) is 61.3 Å². The fraction of sp³-hybridized carbons (Fsp3) is 0.684. The van der Waals surface area contributed by atoms with Crippen molar-refractivity contribution in [2.45, 2.75) is 58.4 Å². The second-order valence-corrected chi connectivity index (χ2v) is 7.46. The molecule has 1 spiro atoms. The molecule has 0 aromatic heterocycles. The summed E-state index contributed by atoms with van der Waals surface area (Å²) in [6.45, 7) is 7.85. The maximum Gasteiger partial charge on any atom is 0.0424 e. The van der Waals surface area contributed by atoms with Crippen molar-refractivity contribution in [3.63, 3.8) is 0 Å². The lowest BCUT2D eigenvalue weighted by molar-refractivity contribution is 0.104. The Hall–Kier alpha value is -0.860. The highest BCUT2D eigenvalue weighted by Crippen LogP contribution is 2.46. The normalized spacial score (nSPS) is 23.6. The molecule has 1 saturated carbocycles. The molecule has 2 nitrogen and oxygen atoms in total. The Balaban J connectivity index is 1.56. The Bertz CT molecular complexity index is 478. The molecule has 1 atom stereocenters. The van der Waals surface area contributed by atoms with E-state index in [1.165, 1.54) is 68.3 Å². The maximum absolute atomic E-state index is 6.45. The minimum Gasteiger partial charge on any atom is -0.323 e. The molecule has 1 saturated heterocycles. The van der Waals surface area contributed by atoms with Crippen LogP contribution >= 0.6 is 0 Å². The van der Waals surface area contributed by atoms with Crippen LogP contribution in [-0.4, -0.2) is 24.5 Å². The van der Waals surface area contributed by atoms with Gasteiger partial charge < -0.3 is 10.6 Å². The van der Waals surface area contributed by atoms with Gasteiger partial charge in [-0.25, -0.2) is 0 Å². The van der Waals surface area contributed by atoms with Gasteiger partial charge in [0.15, 0.2) is 0 Å². The summed E-state index contributed by atoms with van der Waals surface area (Å²) in [6, 6.07) is 6.83. The van der Waals surface area contributed by atoms with Crippen molar-refractivity contribution < 1.29 is 0 Å². The quantitative estimate of drug-likeness (QED) is 0.911. The van der Waals surface area contributed by atoms with Crippen LogP contribution in [0.3, 0.4) is 0 Å². The molecule has 21 heavy (non-hydrogen) atoms. The molecule has 2 fully saturated rings.